The highest BCUT2D eigenvalue weighted by atomic mass is 16.4. The molecule has 6 heteroatoms. The van der Waals surface area contributed by atoms with E-state index in [1.165, 1.54) is 0 Å². The van der Waals surface area contributed by atoms with Crippen molar-refractivity contribution >= 4 is 5.97 Å². The third kappa shape index (κ3) is 1.51. The smallest absolute Gasteiger partial charge is 0.328 e. The van der Waals surface area contributed by atoms with Crippen LogP contribution in [-0.4, -0.2) is 31.3 Å². The Morgan fingerprint density at radius 3 is 2.91 bits per heavy atom. The lowest BCUT2D eigenvalue weighted by molar-refractivity contribution is -0.141. The number of hydrogen-bond donors (Lipinski definition) is 1. The molecule has 1 unspecified atom stereocenters. The van der Waals surface area contributed by atoms with Gasteiger partial charge < -0.3 is 5.11 Å². The summed E-state index contributed by atoms with van der Waals surface area (Å²) in [6.07, 6.45) is 2.77. The van der Waals surface area contributed by atoms with E-state index in [0.717, 1.165) is 4.68 Å². The second-order valence-corrected chi connectivity index (χ2v) is 1.99. The Labute approximate surface area is 62.8 Å². The summed E-state index contributed by atoms with van der Waals surface area (Å²) >= 11 is 0. The first-order valence-corrected chi connectivity index (χ1v) is 3.14. The maximum absolute atomic E-state index is 10.5. The van der Waals surface area contributed by atoms with Crippen LogP contribution in [0.1, 0.15) is 19.4 Å². The number of hydrogen-bond acceptors (Lipinski definition) is 4. The number of tetrazole rings is 1. The molecule has 0 spiro atoms. The summed E-state index contributed by atoms with van der Waals surface area (Å²) < 4.78 is 1.10. The number of carboxylic acids is 1. The Morgan fingerprint density at radius 1 is 1.82 bits per heavy atom. The first-order chi connectivity index (χ1) is 5.25. The molecule has 1 aromatic heterocycles. The lowest BCUT2D eigenvalue weighted by Crippen LogP contribution is -2.18. The van der Waals surface area contributed by atoms with E-state index in [-0.39, 0.29) is 0 Å². The normalized spacial score (nSPS) is 12.8. The van der Waals surface area contributed by atoms with Gasteiger partial charge in [-0.2, -0.15) is 0 Å². The van der Waals surface area contributed by atoms with Crippen molar-refractivity contribution in [3.8, 4) is 0 Å². The van der Waals surface area contributed by atoms with Crippen LogP contribution in [0.15, 0.2) is 0 Å². The molecular weight excluding hydrogens is 148 g/mol. The van der Waals surface area contributed by atoms with Crippen molar-refractivity contribution in [3.05, 3.63) is 6.33 Å². The van der Waals surface area contributed by atoms with Gasteiger partial charge in [0.15, 0.2) is 6.04 Å². The number of aliphatic carboxylic acids is 1. The molecule has 0 saturated heterocycles. The third-order valence-electron chi connectivity index (χ3n) is 1.30. The second kappa shape index (κ2) is 3.09. The third-order valence-corrected chi connectivity index (χ3v) is 1.30. The first-order valence-electron chi connectivity index (χ1n) is 3.14. The molecule has 1 radical (unpaired) electrons. The average molecular weight is 155 g/mol. The molecule has 59 valence electrons. The van der Waals surface area contributed by atoms with Crippen molar-refractivity contribution in [2.75, 3.05) is 0 Å². The molecule has 1 atom stereocenters. The summed E-state index contributed by atoms with van der Waals surface area (Å²) in [6, 6.07) is -0.704. The lowest BCUT2D eigenvalue weighted by Gasteiger charge is -2.05. The van der Waals surface area contributed by atoms with Crippen LogP contribution >= 0.6 is 0 Å². The lowest BCUT2D eigenvalue weighted by atomic mass is 10.2. The standard InChI is InChI=1S/C5H7N4O2/c1-2-4(5(10)11)9-3-6-7-8-9/h4H,2H2,1H3,(H,10,11). The van der Waals surface area contributed by atoms with E-state index in [0.29, 0.717) is 6.42 Å². The predicted molar refractivity (Wildman–Crippen MR) is 33.6 cm³/mol. The van der Waals surface area contributed by atoms with Crippen molar-refractivity contribution in [1.29, 1.82) is 0 Å². The highest BCUT2D eigenvalue weighted by Crippen LogP contribution is 2.06. The SMILES string of the molecule is CCC(C(=O)O)n1[c]nnn1. The quantitative estimate of drug-likeness (QED) is 0.636. The molecule has 0 fully saturated rings. The second-order valence-electron chi connectivity index (χ2n) is 1.99. The molecule has 0 bridgehead atoms. The summed E-state index contributed by atoms with van der Waals surface area (Å²) in [4.78, 5) is 10.5. The van der Waals surface area contributed by atoms with Crippen LogP contribution in [0.25, 0.3) is 0 Å². The van der Waals surface area contributed by atoms with Crippen LogP contribution in [0.4, 0.5) is 0 Å². The average Bonchev–Trinajstić information content (AvgIpc) is 2.40. The van der Waals surface area contributed by atoms with Crippen LogP contribution < -0.4 is 0 Å². The molecule has 0 aliphatic rings. The predicted octanol–water partition coefficient (Wildman–Crippen LogP) is -0.491. The molecule has 11 heavy (non-hydrogen) atoms. The molecule has 1 heterocycles. The van der Waals surface area contributed by atoms with E-state index in [4.69, 9.17) is 5.11 Å². The van der Waals surface area contributed by atoms with Crippen molar-refractivity contribution < 1.29 is 9.90 Å². The minimum atomic E-state index is -0.948. The number of carbonyl (C=O) groups is 1. The molecule has 1 aromatic rings. The Bertz CT molecular complexity index is 233. The minimum absolute atomic E-state index is 0.441. The fourth-order valence-corrected chi connectivity index (χ4v) is 0.733. The largest absolute Gasteiger partial charge is 0.480 e. The summed E-state index contributed by atoms with van der Waals surface area (Å²) in [5, 5.41) is 18.5. The van der Waals surface area contributed by atoms with E-state index in [1.54, 1.807) is 6.92 Å². The van der Waals surface area contributed by atoms with Crippen molar-refractivity contribution in [2.45, 2.75) is 19.4 Å². The first kappa shape index (κ1) is 7.64. The molecule has 0 amide bonds. The maximum atomic E-state index is 10.5. The Hall–Kier alpha value is -1.46. The summed E-state index contributed by atoms with van der Waals surface area (Å²) in [6.45, 7) is 1.74. The Kier molecular flexibility index (Phi) is 2.15. The summed E-state index contributed by atoms with van der Waals surface area (Å²) in [5.74, 6) is -0.948. The number of rotatable bonds is 3. The van der Waals surface area contributed by atoms with Gasteiger partial charge in [0, 0.05) is 0 Å². The fourth-order valence-electron chi connectivity index (χ4n) is 0.733. The van der Waals surface area contributed by atoms with E-state index >= 15 is 0 Å². The molecule has 0 aromatic carbocycles. The van der Waals surface area contributed by atoms with Gasteiger partial charge in [-0.05, 0) is 16.8 Å². The van der Waals surface area contributed by atoms with Crippen LogP contribution in [0.5, 0.6) is 0 Å². The molecular formula is C5H7N4O2. The van der Waals surface area contributed by atoms with Gasteiger partial charge in [-0.3, -0.25) is 0 Å². The van der Waals surface area contributed by atoms with E-state index in [2.05, 4.69) is 21.9 Å². The fraction of sp³-hybridized carbons (Fsp3) is 0.600. The molecule has 6 nitrogen and oxygen atoms in total. The zero-order valence-electron chi connectivity index (χ0n) is 5.93. The van der Waals surface area contributed by atoms with Gasteiger partial charge in [0.25, 0.3) is 0 Å². The van der Waals surface area contributed by atoms with Crippen LogP contribution in [-0.2, 0) is 4.79 Å². The molecule has 1 rings (SSSR count). The van der Waals surface area contributed by atoms with Gasteiger partial charge in [-0.1, -0.05) is 6.92 Å². The molecule has 0 aliphatic heterocycles. The number of nitrogens with zero attached hydrogens (tertiary/aromatic N) is 4. The molecule has 0 aliphatic carbocycles. The van der Waals surface area contributed by atoms with Gasteiger partial charge in [0.2, 0.25) is 6.33 Å². The van der Waals surface area contributed by atoms with Crippen LogP contribution in [0.3, 0.4) is 0 Å². The summed E-state index contributed by atoms with van der Waals surface area (Å²) in [7, 11) is 0. The summed E-state index contributed by atoms with van der Waals surface area (Å²) in [5.41, 5.74) is 0. The van der Waals surface area contributed by atoms with Gasteiger partial charge in [-0.15, -0.1) is 5.10 Å². The number of carboxylic acid groups (broad SMARTS) is 1. The van der Waals surface area contributed by atoms with E-state index in [9.17, 15) is 4.79 Å². The molecule has 0 saturated carbocycles. The zero-order valence-corrected chi connectivity index (χ0v) is 5.93. The topological polar surface area (TPSA) is 80.9 Å². The monoisotopic (exact) mass is 155 g/mol. The maximum Gasteiger partial charge on any atom is 0.328 e. The highest BCUT2D eigenvalue weighted by Gasteiger charge is 2.17. The van der Waals surface area contributed by atoms with Crippen LogP contribution in [0.2, 0.25) is 0 Å². The van der Waals surface area contributed by atoms with Crippen molar-refractivity contribution in [2.24, 2.45) is 0 Å². The van der Waals surface area contributed by atoms with E-state index in [1.807, 2.05) is 0 Å². The molecule has 1 N–H and O–H groups in total. The van der Waals surface area contributed by atoms with Gasteiger partial charge in [-0.25, -0.2) is 9.48 Å². The van der Waals surface area contributed by atoms with Crippen molar-refractivity contribution in [3.63, 3.8) is 0 Å². The van der Waals surface area contributed by atoms with Crippen molar-refractivity contribution in [1.82, 2.24) is 20.2 Å². The minimum Gasteiger partial charge on any atom is -0.480 e. The highest BCUT2D eigenvalue weighted by molar-refractivity contribution is 5.71. The van der Waals surface area contributed by atoms with Gasteiger partial charge in [0.05, 0.1) is 0 Å². The van der Waals surface area contributed by atoms with E-state index < -0.39 is 12.0 Å². The van der Waals surface area contributed by atoms with Gasteiger partial charge in [0.1, 0.15) is 0 Å². The number of aromatic nitrogens is 4. The van der Waals surface area contributed by atoms with Crippen LogP contribution in [0, 0.1) is 6.33 Å². The van der Waals surface area contributed by atoms with Gasteiger partial charge >= 0.3 is 5.97 Å². The Morgan fingerprint density at radius 2 is 2.55 bits per heavy atom. The Balaban J connectivity index is 2.79. The zero-order chi connectivity index (χ0) is 8.27.